The summed E-state index contributed by atoms with van der Waals surface area (Å²) in [6.07, 6.45) is 0.650. The van der Waals surface area contributed by atoms with Crippen LogP contribution < -0.4 is 4.74 Å². The number of nitrogens with zero attached hydrogens (tertiary/aromatic N) is 4. The van der Waals surface area contributed by atoms with Gasteiger partial charge in [-0.05, 0) is 24.6 Å². The van der Waals surface area contributed by atoms with Crippen molar-refractivity contribution in [2.45, 2.75) is 19.8 Å². The molecule has 8 nitrogen and oxygen atoms in total. The molecule has 164 valence electrons. The molecule has 0 radical (unpaired) electrons. The zero-order valence-electron chi connectivity index (χ0n) is 18.4. The molecule has 1 spiro atoms. The van der Waals surface area contributed by atoms with Gasteiger partial charge in [0.25, 0.3) is 0 Å². The number of carbonyl (C=O) groups is 3. The van der Waals surface area contributed by atoms with Crippen LogP contribution in [0, 0.1) is 5.41 Å². The standard InChI is InChI=1S/C22H32N4O4/c1-5-24-14-22(13-20(24)28)15-25(10-11-26(16-22)21(29)23(2)3)19(27)12-17-6-8-18(30-4)9-7-17/h6-9H,5,10-16H2,1-4H3. The van der Waals surface area contributed by atoms with Gasteiger partial charge in [-0.25, -0.2) is 4.79 Å². The molecule has 2 aliphatic heterocycles. The van der Waals surface area contributed by atoms with Gasteiger partial charge in [0.15, 0.2) is 0 Å². The molecule has 2 saturated heterocycles. The second-order valence-corrected chi connectivity index (χ2v) is 8.52. The second kappa shape index (κ2) is 8.93. The maximum Gasteiger partial charge on any atom is 0.319 e. The molecule has 1 unspecified atom stereocenters. The first kappa shape index (κ1) is 21.9. The third-order valence-electron chi connectivity index (χ3n) is 6.00. The van der Waals surface area contributed by atoms with Gasteiger partial charge in [-0.2, -0.15) is 0 Å². The van der Waals surface area contributed by atoms with Crippen LogP contribution in [0.3, 0.4) is 0 Å². The number of amides is 4. The number of ether oxygens (including phenoxy) is 1. The monoisotopic (exact) mass is 416 g/mol. The Bertz CT molecular complexity index is 795. The minimum atomic E-state index is -0.426. The van der Waals surface area contributed by atoms with Crippen molar-refractivity contribution in [3.63, 3.8) is 0 Å². The number of carbonyl (C=O) groups excluding carboxylic acids is 3. The van der Waals surface area contributed by atoms with Gasteiger partial charge in [-0.15, -0.1) is 0 Å². The highest BCUT2D eigenvalue weighted by molar-refractivity contribution is 5.82. The van der Waals surface area contributed by atoms with Gasteiger partial charge in [-0.1, -0.05) is 12.1 Å². The van der Waals surface area contributed by atoms with Crippen LogP contribution in [-0.2, 0) is 16.0 Å². The summed E-state index contributed by atoms with van der Waals surface area (Å²) < 4.78 is 5.18. The van der Waals surface area contributed by atoms with E-state index in [1.807, 2.05) is 41.0 Å². The Hall–Kier alpha value is -2.77. The number of hydrogen-bond acceptors (Lipinski definition) is 4. The summed E-state index contributed by atoms with van der Waals surface area (Å²) in [4.78, 5) is 45.4. The summed E-state index contributed by atoms with van der Waals surface area (Å²) in [6, 6.07) is 7.40. The average Bonchev–Trinajstić information content (AvgIpc) is 2.91. The quantitative estimate of drug-likeness (QED) is 0.742. The molecule has 2 heterocycles. The zero-order chi connectivity index (χ0) is 21.9. The minimum absolute atomic E-state index is 0.0149. The Morgan fingerprint density at radius 1 is 1.07 bits per heavy atom. The molecule has 2 aliphatic rings. The number of urea groups is 1. The molecule has 30 heavy (non-hydrogen) atoms. The van der Waals surface area contributed by atoms with E-state index in [0.29, 0.717) is 45.7 Å². The highest BCUT2D eigenvalue weighted by Crippen LogP contribution is 2.35. The van der Waals surface area contributed by atoms with E-state index in [4.69, 9.17) is 4.74 Å². The Morgan fingerprint density at radius 2 is 1.70 bits per heavy atom. The number of benzene rings is 1. The molecule has 2 fully saturated rings. The van der Waals surface area contributed by atoms with Crippen LogP contribution in [0.4, 0.5) is 4.79 Å². The largest absolute Gasteiger partial charge is 0.497 e. The first-order valence-electron chi connectivity index (χ1n) is 10.4. The van der Waals surface area contributed by atoms with Crippen LogP contribution in [0.1, 0.15) is 18.9 Å². The second-order valence-electron chi connectivity index (χ2n) is 8.52. The van der Waals surface area contributed by atoms with Crippen LogP contribution in [0.2, 0.25) is 0 Å². The highest BCUT2D eigenvalue weighted by atomic mass is 16.5. The molecule has 1 aromatic rings. The van der Waals surface area contributed by atoms with Crippen LogP contribution in [0.25, 0.3) is 0 Å². The predicted octanol–water partition coefficient (Wildman–Crippen LogP) is 1.30. The maximum atomic E-state index is 13.1. The lowest BCUT2D eigenvalue weighted by Gasteiger charge is -2.34. The van der Waals surface area contributed by atoms with E-state index in [0.717, 1.165) is 11.3 Å². The number of hydrogen-bond donors (Lipinski definition) is 0. The van der Waals surface area contributed by atoms with Gasteiger partial charge in [0.05, 0.1) is 13.5 Å². The van der Waals surface area contributed by atoms with E-state index in [1.54, 1.807) is 31.0 Å². The molecule has 8 heteroatoms. The van der Waals surface area contributed by atoms with Crippen molar-refractivity contribution in [3.05, 3.63) is 29.8 Å². The number of methoxy groups -OCH3 is 1. The van der Waals surface area contributed by atoms with Crippen LogP contribution in [-0.4, -0.2) is 97.9 Å². The summed E-state index contributed by atoms with van der Waals surface area (Å²) in [7, 11) is 5.06. The summed E-state index contributed by atoms with van der Waals surface area (Å²) in [6.45, 7) is 5.08. The minimum Gasteiger partial charge on any atom is -0.497 e. The molecule has 0 aromatic heterocycles. The predicted molar refractivity (Wildman–Crippen MR) is 113 cm³/mol. The van der Waals surface area contributed by atoms with Gasteiger partial charge in [0.1, 0.15) is 5.75 Å². The fourth-order valence-corrected chi connectivity index (χ4v) is 4.43. The highest BCUT2D eigenvalue weighted by Gasteiger charge is 2.47. The normalized spacial score (nSPS) is 21.7. The topological polar surface area (TPSA) is 73.4 Å². The number of likely N-dealkylation sites (tertiary alicyclic amines) is 1. The van der Waals surface area contributed by atoms with E-state index in [2.05, 4.69) is 0 Å². The van der Waals surface area contributed by atoms with E-state index in [9.17, 15) is 14.4 Å². The SMILES string of the molecule is CCN1CC2(CC1=O)CN(C(=O)Cc1ccc(OC)cc1)CCN(C(=O)N(C)C)C2. The van der Waals surface area contributed by atoms with Crippen molar-refractivity contribution in [3.8, 4) is 5.75 Å². The maximum absolute atomic E-state index is 13.1. The first-order valence-corrected chi connectivity index (χ1v) is 10.4. The zero-order valence-corrected chi connectivity index (χ0v) is 18.4. The summed E-state index contributed by atoms with van der Waals surface area (Å²) in [5, 5.41) is 0. The van der Waals surface area contributed by atoms with Crippen molar-refractivity contribution >= 4 is 17.8 Å². The van der Waals surface area contributed by atoms with Crippen molar-refractivity contribution in [2.75, 3.05) is 60.5 Å². The lowest BCUT2D eigenvalue weighted by Crippen LogP contribution is -2.47. The Kier molecular flexibility index (Phi) is 6.53. The van der Waals surface area contributed by atoms with Crippen LogP contribution in [0.5, 0.6) is 5.75 Å². The van der Waals surface area contributed by atoms with Crippen molar-refractivity contribution in [1.29, 1.82) is 0 Å². The fraction of sp³-hybridized carbons (Fsp3) is 0.591. The van der Waals surface area contributed by atoms with E-state index in [-0.39, 0.29) is 24.3 Å². The molecule has 3 rings (SSSR count). The lowest BCUT2D eigenvalue weighted by molar-refractivity contribution is -0.132. The summed E-state index contributed by atoms with van der Waals surface area (Å²) in [5.41, 5.74) is 0.489. The van der Waals surface area contributed by atoms with E-state index in [1.165, 1.54) is 0 Å². The van der Waals surface area contributed by atoms with Crippen molar-refractivity contribution in [2.24, 2.45) is 5.41 Å². The smallest absolute Gasteiger partial charge is 0.319 e. The van der Waals surface area contributed by atoms with E-state index < -0.39 is 5.41 Å². The molecule has 4 amide bonds. The Morgan fingerprint density at radius 3 is 2.27 bits per heavy atom. The third kappa shape index (κ3) is 4.68. The first-order chi connectivity index (χ1) is 14.3. The molecule has 0 aliphatic carbocycles. The van der Waals surface area contributed by atoms with Gasteiger partial charge >= 0.3 is 6.03 Å². The molecule has 1 aromatic carbocycles. The van der Waals surface area contributed by atoms with Gasteiger partial charge < -0.3 is 24.3 Å². The molecule has 0 N–H and O–H groups in total. The van der Waals surface area contributed by atoms with Gasteiger partial charge in [0, 0.05) is 65.2 Å². The molecule has 0 saturated carbocycles. The van der Waals surface area contributed by atoms with E-state index >= 15 is 0 Å². The Balaban J connectivity index is 1.80. The van der Waals surface area contributed by atoms with Crippen LogP contribution >= 0.6 is 0 Å². The molecule has 0 bridgehead atoms. The summed E-state index contributed by atoms with van der Waals surface area (Å²) >= 11 is 0. The van der Waals surface area contributed by atoms with Gasteiger partial charge in [0.2, 0.25) is 11.8 Å². The number of rotatable bonds is 4. The third-order valence-corrected chi connectivity index (χ3v) is 6.00. The average molecular weight is 417 g/mol. The van der Waals surface area contributed by atoms with Crippen LogP contribution in [0.15, 0.2) is 24.3 Å². The fourth-order valence-electron chi connectivity index (χ4n) is 4.43. The van der Waals surface area contributed by atoms with Crippen molar-refractivity contribution < 1.29 is 19.1 Å². The molecule has 1 atom stereocenters. The van der Waals surface area contributed by atoms with Gasteiger partial charge in [-0.3, -0.25) is 9.59 Å². The Labute approximate surface area is 178 Å². The molecular formula is C22H32N4O4. The lowest BCUT2D eigenvalue weighted by atomic mass is 9.86. The summed E-state index contributed by atoms with van der Waals surface area (Å²) in [5.74, 6) is 0.863. The van der Waals surface area contributed by atoms with Crippen molar-refractivity contribution in [1.82, 2.24) is 19.6 Å². The molecular weight excluding hydrogens is 384 g/mol.